The molecule has 0 radical (unpaired) electrons. The van der Waals surface area contributed by atoms with Gasteiger partial charge >= 0.3 is 12.0 Å². The van der Waals surface area contributed by atoms with E-state index < -0.39 is 23.9 Å². The van der Waals surface area contributed by atoms with Crippen LogP contribution in [0.15, 0.2) is 12.7 Å². The quantitative estimate of drug-likeness (QED) is 0.440. The highest BCUT2D eigenvalue weighted by Gasteiger charge is 2.12. The van der Waals surface area contributed by atoms with Gasteiger partial charge in [0.05, 0.1) is 6.54 Å². The Kier molecular flexibility index (Phi) is 6.53. The molecule has 16 heavy (non-hydrogen) atoms. The van der Waals surface area contributed by atoms with Crippen molar-refractivity contribution in [3.8, 4) is 0 Å². The molecule has 4 N–H and O–H groups in total. The molecule has 1 atom stereocenters. The van der Waals surface area contributed by atoms with Crippen molar-refractivity contribution in [2.45, 2.75) is 13.0 Å². The van der Waals surface area contributed by atoms with Gasteiger partial charge in [0.2, 0.25) is 5.91 Å². The van der Waals surface area contributed by atoms with Crippen LogP contribution in [0, 0.1) is 0 Å². The summed E-state index contributed by atoms with van der Waals surface area (Å²) in [5.41, 5.74) is 0. The van der Waals surface area contributed by atoms with Crippen molar-refractivity contribution in [3.05, 3.63) is 12.7 Å². The summed E-state index contributed by atoms with van der Waals surface area (Å²) >= 11 is 0. The number of urea groups is 1. The molecule has 3 amide bonds. The van der Waals surface area contributed by atoms with Crippen LogP contribution in [0.3, 0.4) is 0 Å². The van der Waals surface area contributed by atoms with E-state index in [4.69, 9.17) is 5.11 Å². The zero-order valence-electron chi connectivity index (χ0n) is 8.95. The summed E-state index contributed by atoms with van der Waals surface area (Å²) in [5, 5.41) is 15.3. The van der Waals surface area contributed by atoms with Crippen molar-refractivity contribution in [1.82, 2.24) is 16.0 Å². The van der Waals surface area contributed by atoms with Crippen LogP contribution < -0.4 is 16.0 Å². The van der Waals surface area contributed by atoms with Gasteiger partial charge in [0.1, 0.15) is 6.04 Å². The minimum absolute atomic E-state index is 0.241. The molecule has 90 valence electrons. The summed E-state index contributed by atoms with van der Waals surface area (Å²) in [6.07, 6.45) is 1.47. The van der Waals surface area contributed by atoms with Gasteiger partial charge in [-0.3, -0.25) is 20.2 Å². The lowest BCUT2D eigenvalue weighted by atomic mass is 10.3. The topological polar surface area (TPSA) is 108 Å². The normalized spacial score (nSPS) is 11.3. The van der Waals surface area contributed by atoms with E-state index in [1.54, 1.807) is 0 Å². The number of imide groups is 1. The van der Waals surface area contributed by atoms with Gasteiger partial charge in [-0.25, -0.2) is 4.79 Å². The first-order valence-electron chi connectivity index (χ1n) is 4.62. The molecule has 0 saturated heterocycles. The Hall–Kier alpha value is -1.89. The number of carbonyl (C=O) groups is 3. The van der Waals surface area contributed by atoms with E-state index in [2.05, 4.69) is 17.2 Å². The highest BCUT2D eigenvalue weighted by atomic mass is 16.4. The number of carboxylic acid groups (broad SMARTS) is 1. The maximum atomic E-state index is 11.1. The highest BCUT2D eigenvalue weighted by Crippen LogP contribution is 1.79. The van der Waals surface area contributed by atoms with E-state index in [0.29, 0.717) is 0 Å². The molecule has 0 spiro atoms. The summed E-state index contributed by atoms with van der Waals surface area (Å²) in [6.45, 7) is 4.79. The van der Waals surface area contributed by atoms with Crippen LogP contribution >= 0.6 is 0 Å². The fourth-order valence-electron chi connectivity index (χ4n) is 0.713. The lowest BCUT2D eigenvalue weighted by Crippen LogP contribution is -2.46. The maximum absolute atomic E-state index is 11.1. The van der Waals surface area contributed by atoms with Crippen molar-refractivity contribution >= 4 is 17.9 Å². The van der Waals surface area contributed by atoms with Crippen LogP contribution in [0.4, 0.5) is 4.79 Å². The molecule has 0 saturated carbocycles. The van der Waals surface area contributed by atoms with E-state index in [0.717, 1.165) is 0 Å². The molecule has 0 heterocycles. The molecule has 0 bridgehead atoms. The summed E-state index contributed by atoms with van der Waals surface area (Å²) in [7, 11) is 0. The third-order valence-corrected chi connectivity index (χ3v) is 1.60. The van der Waals surface area contributed by atoms with E-state index in [1.807, 2.05) is 5.32 Å². The SMILES string of the molecule is C=CCNC(=O)NC(=O)CN[C@@H](C)C(=O)O. The van der Waals surface area contributed by atoms with Crippen molar-refractivity contribution in [1.29, 1.82) is 0 Å². The van der Waals surface area contributed by atoms with Crippen LogP contribution in [0.1, 0.15) is 6.92 Å². The number of hydrogen-bond donors (Lipinski definition) is 4. The second-order valence-corrected chi connectivity index (χ2v) is 2.99. The molecule has 0 fully saturated rings. The zero-order chi connectivity index (χ0) is 12.6. The average Bonchev–Trinajstić information content (AvgIpc) is 2.22. The Balaban J connectivity index is 3.78. The zero-order valence-corrected chi connectivity index (χ0v) is 8.95. The standard InChI is InChI=1S/C9H15N3O4/c1-3-4-10-9(16)12-7(13)5-11-6(2)8(14)15/h3,6,11H,1,4-5H2,2H3,(H,14,15)(H2,10,12,13,16)/t6-/m0/s1. The van der Waals surface area contributed by atoms with Gasteiger partial charge in [0, 0.05) is 6.54 Å². The van der Waals surface area contributed by atoms with E-state index in [-0.39, 0.29) is 13.1 Å². The van der Waals surface area contributed by atoms with Crippen LogP contribution in [0.25, 0.3) is 0 Å². The molecule has 7 nitrogen and oxygen atoms in total. The van der Waals surface area contributed by atoms with Crippen molar-refractivity contribution < 1.29 is 19.5 Å². The van der Waals surface area contributed by atoms with Gasteiger partial charge in [-0.1, -0.05) is 6.08 Å². The Morgan fingerprint density at radius 3 is 2.56 bits per heavy atom. The first-order chi connectivity index (χ1) is 7.47. The number of aliphatic carboxylic acids is 1. The summed E-state index contributed by atoms with van der Waals surface area (Å²) < 4.78 is 0. The first kappa shape index (κ1) is 14.1. The lowest BCUT2D eigenvalue weighted by Gasteiger charge is -2.08. The molecule has 0 aromatic rings. The molecular formula is C9H15N3O4. The number of amides is 3. The number of carboxylic acids is 1. The third-order valence-electron chi connectivity index (χ3n) is 1.60. The molecule has 0 aromatic carbocycles. The van der Waals surface area contributed by atoms with E-state index in [1.165, 1.54) is 13.0 Å². The predicted octanol–water partition coefficient (Wildman–Crippen LogP) is -0.939. The van der Waals surface area contributed by atoms with Gasteiger partial charge in [-0.2, -0.15) is 0 Å². The van der Waals surface area contributed by atoms with Crippen LogP contribution in [0.5, 0.6) is 0 Å². The van der Waals surface area contributed by atoms with Crippen LogP contribution in [-0.2, 0) is 9.59 Å². The molecule has 0 aliphatic carbocycles. The fourth-order valence-corrected chi connectivity index (χ4v) is 0.713. The molecule has 0 unspecified atom stereocenters. The summed E-state index contributed by atoms with van der Waals surface area (Å²) in [4.78, 5) is 32.4. The molecule has 0 rings (SSSR count). The van der Waals surface area contributed by atoms with Crippen molar-refractivity contribution in [3.63, 3.8) is 0 Å². The van der Waals surface area contributed by atoms with E-state index in [9.17, 15) is 14.4 Å². The van der Waals surface area contributed by atoms with Gasteiger partial charge in [-0.15, -0.1) is 6.58 Å². The van der Waals surface area contributed by atoms with Crippen molar-refractivity contribution in [2.75, 3.05) is 13.1 Å². The Morgan fingerprint density at radius 2 is 2.06 bits per heavy atom. The second-order valence-electron chi connectivity index (χ2n) is 2.99. The minimum Gasteiger partial charge on any atom is -0.480 e. The predicted molar refractivity (Wildman–Crippen MR) is 56.8 cm³/mol. The van der Waals surface area contributed by atoms with Crippen LogP contribution in [-0.4, -0.2) is 42.1 Å². The smallest absolute Gasteiger partial charge is 0.321 e. The lowest BCUT2D eigenvalue weighted by molar-refractivity contribution is -0.139. The number of rotatable bonds is 6. The molecule has 0 aliphatic rings. The molecular weight excluding hydrogens is 214 g/mol. The van der Waals surface area contributed by atoms with Gasteiger partial charge in [0.25, 0.3) is 0 Å². The highest BCUT2D eigenvalue weighted by molar-refractivity contribution is 5.95. The number of nitrogens with one attached hydrogen (secondary N) is 3. The molecule has 0 aromatic heterocycles. The Morgan fingerprint density at radius 1 is 1.44 bits per heavy atom. The fraction of sp³-hybridized carbons (Fsp3) is 0.444. The minimum atomic E-state index is -1.07. The molecule has 7 heteroatoms. The summed E-state index contributed by atoms with van der Waals surface area (Å²) in [5.74, 6) is -1.67. The van der Waals surface area contributed by atoms with E-state index >= 15 is 0 Å². The largest absolute Gasteiger partial charge is 0.480 e. The Labute approximate surface area is 92.9 Å². The van der Waals surface area contributed by atoms with Crippen molar-refractivity contribution in [2.24, 2.45) is 0 Å². The van der Waals surface area contributed by atoms with Gasteiger partial charge < -0.3 is 10.4 Å². The number of carbonyl (C=O) groups excluding carboxylic acids is 2. The average molecular weight is 229 g/mol. The second kappa shape index (κ2) is 7.41. The monoisotopic (exact) mass is 229 g/mol. The van der Waals surface area contributed by atoms with Gasteiger partial charge in [-0.05, 0) is 6.92 Å². The van der Waals surface area contributed by atoms with Gasteiger partial charge in [0.15, 0.2) is 0 Å². The first-order valence-corrected chi connectivity index (χ1v) is 4.62. The van der Waals surface area contributed by atoms with Crippen LogP contribution in [0.2, 0.25) is 0 Å². The molecule has 0 aliphatic heterocycles. The maximum Gasteiger partial charge on any atom is 0.321 e. The number of hydrogen-bond acceptors (Lipinski definition) is 4. The summed E-state index contributed by atoms with van der Waals surface area (Å²) in [6, 6.07) is -1.49. The third kappa shape index (κ3) is 6.55. The Bertz CT molecular complexity index is 290.